The van der Waals surface area contributed by atoms with Crippen LogP contribution in [0.4, 0.5) is 10.5 Å². The van der Waals surface area contributed by atoms with Crippen LogP contribution in [0.5, 0.6) is 5.88 Å². The Hall–Kier alpha value is -2.63. The molecule has 1 atom stereocenters. The number of rotatable bonds is 3. The van der Waals surface area contributed by atoms with E-state index in [9.17, 15) is 4.79 Å². The van der Waals surface area contributed by atoms with Crippen molar-refractivity contribution in [3.8, 4) is 5.88 Å². The minimum atomic E-state index is -0.105. The van der Waals surface area contributed by atoms with Gasteiger partial charge in [-0.3, -0.25) is 4.98 Å². The summed E-state index contributed by atoms with van der Waals surface area (Å²) in [6.45, 7) is 1.22. The van der Waals surface area contributed by atoms with E-state index in [1.807, 2.05) is 30.3 Å². The number of hydrogen-bond donors (Lipinski definition) is 1. The van der Waals surface area contributed by atoms with Crippen LogP contribution in [0.1, 0.15) is 6.42 Å². The highest BCUT2D eigenvalue weighted by molar-refractivity contribution is 5.89. The van der Waals surface area contributed by atoms with Crippen molar-refractivity contribution in [3.63, 3.8) is 0 Å². The Morgan fingerprint density at radius 1 is 1.29 bits per heavy atom. The molecule has 1 aromatic carbocycles. The molecule has 2 amide bonds. The van der Waals surface area contributed by atoms with E-state index in [1.165, 1.54) is 0 Å². The molecule has 0 aliphatic carbocycles. The van der Waals surface area contributed by atoms with Crippen LogP contribution >= 0.6 is 0 Å². The molecule has 3 rings (SSSR count). The van der Waals surface area contributed by atoms with Gasteiger partial charge in [-0.25, -0.2) is 9.78 Å². The van der Waals surface area contributed by atoms with Crippen LogP contribution in [0.15, 0.2) is 48.9 Å². The molecule has 1 fully saturated rings. The zero-order valence-electron chi connectivity index (χ0n) is 11.5. The Bertz CT molecular complexity index is 591. The second kappa shape index (κ2) is 6.21. The van der Waals surface area contributed by atoms with E-state index >= 15 is 0 Å². The van der Waals surface area contributed by atoms with E-state index in [2.05, 4.69) is 15.3 Å². The highest BCUT2D eigenvalue weighted by Crippen LogP contribution is 2.17. The van der Waals surface area contributed by atoms with Gasteiger partial charge in [0.2, 0.25) is 5.88 Å². The van der Waals surface area contributed by atoms with E-state index < -0.39 is 0 Å². The van der Waals surface area contributed by atoms with Crippen LogP contribution in [0.3, 0.4) is 0 Å². The molecule has 1 saturated heterocycles. The second-order valence-corrected chi connectivity index (χ2v) is 4.81. The SMILES string of the molecule is O=C(Nc1ccccc1)N1CCC(Oc2cnccn2)C1. The number of amides is 2. The van der Waals surface area contributed by atoms with Gasteiger partial charge in [-0.2, -0.15) is 0 Å². The number of carbonyl (C=O) groups is 1. The number of nitrogens with one attached hydrogen (secondary N) is 1. The number of ether oxygens (including phenoxy) is 1. The summed E-state index contributed by atoms with van der Waals surface area (Å²) in [6.07, 6.45) is 5.51. The summed E-state index contributed by atoms with van der Waals surface area (Å²) in [6, 6.07) is 9.31. The molecule has 2 aromatic rings. The Morgan fingerprint density at radius 2 is 2.14 bits per heavy atom. The number of nitrogens with zero attached hydrogens (tertiary/aromatic N) is 3. The Kier molecular flexibility index (Phi) is 3.95. The van der Waals surface area contributed by atoms with Crippen molar-refractivity contribution in [2.75, 3.05) is 18.4 Å². The molecule has 2 heterocycles. The number of para-hydroxylation sites is 1. The monoisotopic (exact) mass is 284 g/mol. The molecule has 1 aromatic heterocycles. The lowest BCUT2D eigenvalue weighted by Gasteiger charge is -2.17. The van der Waals surface area contributed by atoms with Gasteiger partial charge >= 0.3 is 6.03 Å². The molecule has 1 aliphatic rings. The number of carbonyl (C=O) groups excluding carboxylic acids is 1. The maximum atomic E-state index is 12.1. The minimum Gasteiger partial charge on any atom is -0.471 e. The van der Waals surface area contributed by atoms with Gasteiger partial charge in [0, 0.05) is 31.0 Å². The highest BCUT2D eigenvalue weighted by Gasteiger charge is 2.27. The Morgan fingerprint density at radius 3 is 2.90 bits per heavy atom. The van der Waals surface area contributed by atoms with Gasteiger partial charge in [0.15, 0.2) is 0 Å². The summed E-state index contributed by atoms with van der Waals surface area (Å²) in [7, 11) is 0. The molecule has 0 bridgehead atoms. The first kappa shape index (κ1) is 13.4. The van der Waals surface area contributed by atoms with Gasteiger partial charge < -0.3 is 15.0 Å². The minimum absolute atomic E-state index is 0.0387. The number of likely N-dealkylation sites (tertiary alicyclic amines) is 1. The van der Waals surface area contributed by atoms with Gasteiger partial charge in [-0.05, 0) is 12.1 Å². The first-order valence-electron chi connectivity index (χ1n) is 6.85. The van der Waals surface area contributed by atoms with Crippen molar-refractivity contribution in [2.24, 2.45) is 0 Å². The molecule has 1 N–H and O–H groups in total. The van der Waals surface area contributed by atoms with Gasteiger partial charge in [0.25, 0.3) is 0 Å². The molecule has 1 unspecified atom stereocenters. The lowest BCUT2D eigenvalue weighted by atomic mass is 10.3. The number of hydrogen-bond acceptors (Lipinski definition) is 4. The fourth-order valence-corrected chi connectivity index (χ4v) is 2.25. The molecule has 6 heteroatoms. The van der Waals surface area contributed by atoms with Crippen molar-refractivity contribution < 1.29 is 9.53 Å². The van der Waals surface area contributed by atoms with E-state index in [0.29, 0.717) is 19.0 Å². The summed E-state index contributed by atoms with van der Waals surface area (Å²) < 4.78 is 5.71. The molecule has 6 nitrogen and oxygen atoms in total. The smallest absolute Gasteiger partial charge is 0.321 e. The number of anilines is 1. The molecule has 0 spiro atoms. The molecular weight excluding hydrogens is 268 g/mol. The summed E-state index contributed by atoms with van der Waals surface area (Å²) in [5, 5.41) is 2.87. The third kappa shape index (κ3) is 3.47. The van der Waals surface area contributed by atoms with Crippen molar-refractivity contribution in [2.45, 2.75) is 12.5 Å². The van der Waals surface area contributed by atoms with Crippen molar-refractivity contribution in [3.05, 3.63) is 48.9 Å². The average molecular weight is 284 g/mol. The quantitative estimate of drug-likeness (QED) is 0.938. The molecule has 108 valence electrons. The third-order valence-electron chi connectivity index (χ3n) is 3.28. The molecule has 0 saturated carbocycles. The topological polar surface area (TPSA) is 67.4 Å². The van der Waals surface area contributed by atoms with Gasteiger partial charge in [0.05, 0.1) is 12.7 Å². The van der Waals surface area contributed by atoms with E-state index in [0.717, 1.165) is 12.1 Å². The zero-order valence-corrected chi connectivity index (χ0v) is 11.5. The summed E-state index contributed by atoms with van der Waals surface area (Å²) >= 11 is 0. The Balaban J connectivity index is 1.53. The number of urea groups is 1. The standard InChI is InChI=1S/C15H16N4O2/c20-15(18-12-4-2-1-3-5-12)19-9-6-13(11-19)21-14-10-16-7-8-17-14/h1-5,7-8,10,13H,6,9,11H2,(H,18,20). The predicted octanol–water partition coefficient (Wildman–Crippen LogP) is 2.16. The molecule has 21 heavy (non-hydrogen) atoms. The normalized spacial score (nSPS) is 17.5. The average Bonchev–Trinajstić information content (AvgIpc) is 2.98. The number of benzene rings is 1. The fourth-order valence-electron chi connectivity index (χ4n) is 2.25. The maximum Gasteiger partial charge on any atom is 0.321 e. The van der Waals surface area contributed by atoms with Crippen LogP contribution < -0.4 is 10.1 Å². The molecule has 1 aliphatic heterocycles. The van der Waals surface area contributed by atoms with E-state index in [-0.39, 0.29) is 12.1 Å². The van der Waals surface area contributed by atoms with Crippen LogP contribution in [-0.2, 0) is 0 Å². The van der Waals surface area contributed by atoms with E-state index in [4.69, 9.17) is 4.74 Å². The first-order chi connectivity index (χ1) is 10.3. The highest BCUT2D eigenvalue weighted by atomic mass is 16.5. The Labute approximate surface area is 122 Å². The van der Waals surface area contributed by atoms with Crippen molar-refractivity contribution in [1.29, 1.82) is 0 Å². The van der Waals surface area contributed by atoms with Gasteiger partial charge in [-0.15, -0.1) is 0 Å². The van der Waals surface area contributed by atoms with Gasteiger partial charge in [-0.1, -0.05) is 18.2 Å². The van der Waals surface area contributed by atoms with Gasteiger partial charge in [0.1, 0.15) is 6.10 Å². The van der Waals surface area contributed by atoms with Crippen LogP contribution in [-0.4, -0.2) is 40.1 Å². The zero-order chi connectivity index (χ0) is 14.5. The molecule has 0 radical (unpaired) electrons. The fraction of sp³-hybridized carbons (Fsp3) is 0.267. The largest absolute Gasteiger partial charge is 0.471 e. The van der Waals surface area contributed by atoms with Crippen LogP contribution in [0, 0.1) is 0 Å². The maximum absolute atomic E-state index is 12.1. The second-order valence-electron chi connectivity index (χ2n) is 4.81. The van der Waals surface area contributed by atoms with E-state index in [1.54, 1.807) is 23.5 Å². The molecular formula is C15H16N4O2. The summed E-state index contributed by atoms with van der Waals surface area (Å²) in [4.78, 5) is 21.9. The third-order valence-corrected chi connectivity index (χ3v) is 3.28. The lowest BCUT2D eigenvalue weighted by Crippen LogP contribution is -2.34. The summed E-state index contributed by atoms with van der Waals surface area (Å²) in [5.74, 6) is 0.493. The van der Waals surface area contributed by atoms with Crippen LogP contribution in [0.25, 0.3) is 0 Å². The van der Waals surface area contributed by atoms with Crippen molar-refractivity contribution in [1.82, 2.24) is 14.9 Å². The lowest BCUT2D eigenvalue weighted by molar-refractivity contribution is 0.189. The number of aromatic nitrogens is 2. The van der Waals surface area contributed by atoms with Crippen molar-refractivity contribution >= 4 is 11.7 Å². The van der Waals surface area contributed by atoms with Crippen LogP contribution in [0.2, 0.25) is 0 Å². The summed E-state index contributed by atoms with van der Waals surface area (Å²) in [5.41, 5.74) is 0.792. The first-order valence-corrected chi connectivity index (χ1v) is 6.85. The predicted molar refractivity (Wildman–Crippen MR) is 78.1 cm³/mol.